The molecule has 0 spiro atoms. The number of hydrogen-bond acceptors (Lipinski definition) is 4. The number of benzene rings is 1. The fourth-order valence-corrected chi connectivity index (χ4v) is 3.54. The summed E-state index contributed by atoms with van der Waals surface area (Å²) >= 11 is 0. The predicted molar refractivity (Wildman–Crippen MR) is 85.8 cm³/mol. The lowest BCUT2D eigenvalue weighted by molar-refractivity contribution is 0.0743. The molecule has 1 aliphatic heterocycles. The van der Waals surface area contributed by atoms with Crippen LogP contribution in [0.4, 0.5) is 5.82 Å². The van der Waals surface area contributed by atoms with Crippen molar-refractivity contribution in [3.8, 4) is 0 Å². The van der Waals surface area contributed by atoms with Crippen LogP contribution >= 0.6 is 0 Å². The first-order chi connectivity index (χ1) is 10.9. The first kappa shape index (κ1) is 15.5. The van der Waals surface area contributed by atoms with Crippen LogP contribution in [0.5, 0.6) is 0 Å². The number of nitrogens with zero attached hydrogens (tertiary/aromatic N) is 3. The van der Waals surface area contributed by atoms with Crippen LogP contribution in [-0.4, -0.2) is 42.6 Å². The standard InChI is InChI=1S/C15H18N4O3S/c1-3-11-5-4-6-12(9-11)23(21,22)17-14-10-13-15(20)18(2)7-8-19(13)16-14/h4-6,9-10H,3,7-8H2,1-2H3,(H,16,17). The van der Waals surface area contributed by atoms with Gasteiger partial charge in [-0.3, -0.25) is 14.2 Å². The van der Waals surface area contributed by atoms with E-state index >= 15 is 0 Å². The van der Waals surface area contributed by atoms with Gasteiger partial charge in [-0.2, -0.15) is 5.10 Å². The highest BCUT2D eigenvalue weighted by atomic mass is 32.2. The number of hydrogen-bond donors (Lipinski definition) is 1. The molecule has 0 unspecified atom stereocenters. The van der Waals surface area contributed by atoms with Gasteiger partial charge in [0.25, 0.3) is 15.9 Å². The van der Waals surface area contributed by atoms with E-state index in [-0.39, 0.29) is 16.6 Å². The van der Waals surface area contributed by atoms with E-state index in [0.29, 0.717) is 18.8 Å². The number of likely N-dealkylation sites (N-methyl/N-ethyl adjacent to an activating group) is 1. The van der Waals surface area contributed by atoms with E-state index < -0.39 is 10.0 Å². The molecule has 1 aromatic carbocycles. The van der Waals surface area contributed by atoms with E-state index in [4.69, 9.17) is 0 Å². The predicted octanol–water partition coefficient (Wildman–Crippen LogP) is 1.33. The Hall–Kier alpha value is -2.35. The third kappa shape index (κ3) is 2.94. The molecular formula is C15H18N4O3S. The van der Waals surface area contributed by atoms with Gasteiger partial charge < -0.3 is 4.90 Å². The second-order valence-corrected chi connectivity index (χ2v) is 7.15. The van der Waals surface area contributed by atoms with E-state index in [0.717, 1.165) is 12.0 Å². The molecular weight excluding hydrogens is 316 g/mol. The highest BCUT2D eigenvalue weighted by Crippen LogP contribution is 2.20. The zero-order valence-corrected chi connectivity index (χ0v) is 13.8. The first-order valence-electron chi connectivity index (χ1n) is 7.36. The quantitative estimate of drug-likeness (QED) is 0.914. The Balaban J connectivity index is 1.89. The van der Waals surface area contributed by atoms with E-state index in [1.807, 2.05) is 13.0 Å². The first-order valence-corrected chi connectivity index (χ1v) is 8.84. The Morgan fingerprint density at radius 1 is 1.26 bits per heavy atom. The molecule has 23 heavy (non-hydrogen) atoms. The summed E-state index contributed by atoms with van der Waals surface area (Å²) in [7, 11) is -2.02. The second-order valence-electron chi connectivity index (χ2n) is 5.47. The number of carbonyl (C=O) groups is 1. The van der Waals surface area contributed by atoms with Crippen molar-refractivity contribution in [3.05, 3.63) is 41.6 Å². The molecule has 3 rings (SSSR count). The number of aromatic nitrogens is 2. The number of fused-ring (bicyclic) bond motifs is 1. The van der Waals surface area contributed by atoms with E-state index in [1.165, 1.54) is 16.8 Å². The van der Waals surface area contributed by atoms with Crippen molar-refractivity contribution in [1.29, 1.82) is 0 Å². The van der Waals surface area contributed by atoms with Crippen molar-refractivity contribution < 1.29 is 13.2 Å². The molecule has 0 atom stereocenters. The Morgan fingerprint density at radius 3 is 2.78 bits per heavy atom. The summed E-state index contributed by atoms with van der Waals surface area (Å²) in [5.41, 5.74) is 1.33. The van der Waals surface area contributed by atoms with Crippen LogP contribution in [0.2, 0.25) is 0 Å². The van der Waals surface area contributed by atoms with Crippen LogP contribution in [0.25, 0.3) is 0 Å². The molecule has 8 heteroatoms. The van der Waals surface area contributed by atoms with Crippen LogP contribution in [0, 0.1) is 0 Å². The van der Waals surface area contributed by atoms with Crippen LogP contribution in [0.15, 0.2) is 35.2 Å². The summed E-state index contributed by atoms with van der Waals surface area (Å²) in [6.45, 7) is 3.06. The molecule has 2 heterocycles. The monoisotopic (exact) mass is 334 g/mol. The Labute approximate surface area is 135 Å². The van der Waals surface area contributed by atoms with Gasteiger partial charge in [-0.1, -0.05) is 19.1 Å². The SMILES string of the molecule is CCc1cccc(S(=O)(=O)Nc2cc3n(n2)CCN(C)C3=O)c1. The van der Waals surface area contributed by atoms with Crippen LogP contribution < -0.4 is 4.72 Å². The Bertz CT molecular complexity index is 857. The molecule has 1 amide bonds. The highest BCUT2D eigenvalue weighted by Gasteiger charge is 2.25. The van der Waals surface area contributed by atoms with Crippen molar-refractivity contribution in [2.75, 3.05) is 18.3 Å². The molecule has 1 N–H and O–H groups in total. The van der Waals surface area contributed by atoms with Gasteiger partial charge >= 0.3 is 0 Å². The smallest absolute Gasteiger partial charge is 0.272 e. The summed E-state index contributed by atoms with van der Waals surface area (Å²) in [6, 6.07) is 8.24. The Morgan fingerprint density at radius 2 is 2.04 bits per heavy atom. The maximum atomic E-state index is 12.5. The van der Waals surface area contributed by atoms with Crippen molar-refractivity contribution in [2.24, 2.45) is 0 Å². The minimum atomic E-state index is -3.73. The van der Waals surface area contributed by atoms with Crippen LogP contribution in [-0.2, 0) is 23.0 Å². The summed E-state index contributed by atoms with van der Waals surface area (Å²) < 4.78 is 28.9. The number of rotatable bonds is 4. The molecule has 0 bridgehead atoms. The fraction of sp³-hybridized carbons (Fsp3) is 0.333. The molecule has 0 saturated carbocycles. The van der Waals surface area contributed by atoms with Crippen LogP contribution in [0.3, 0.4) is 0 Å². The number of carbonyl (C=O) groups excluding carboxylic acids is 1. The number of aryl methyl sites for hydroxylation is 1. The normalized spacial score (nSPS) is 14.7. The number of anilines is 1. The van der Waals surface area contributed by atoms with Gasteiger partial charge in [0.2, 0.25) is 0 Å². The average molecular weight is 334 g/mol. The molecule has 1 aromatic heterocycles. The largest absolute Gasteiger partial charge is 0.339 e. The van der Waals surface area contributed by atoms with Gasteiger partial charge in [-0.15, -0.1) is 0 Å². The van der Waals surface area contributed by atoms with Gasteiger partial charge in [0.15, 0.2) is 5.82 Å². The minimum absolute atomic E-state index is 0.158. The van der Waals surface area contributed by atoms with Crippen molar-refractivity contribution >= 4 is 21.7 Å². The van der Waals surface area contributed by atoms with Crippen molar-refractivity contribution in [3.63, 3.8) is 0 Å². The van der Waals surface area contributed by atoms with Gasteiger partial charge in [0.1, 0.15) is 5.69 Å². The molecule has 7 nitrogen and oxygen atoms in total. The fourth-order valence-electron chi connectivity index (χ4n) is 2.48. The third-order valence-electron chi connectivity index (χ3n) is 3.85. The molecule has 0 fully saturated rings. The van der Waals surface area contributed by atoms with E-state index in [9.17, 15) is 13.2 Å². The average Bonchev–Trinajstić information content (AvgIpc) is 2.94. The molecule has 0 aliphatic carbocycles. The number of amides is 1. The van der Waals surface area contributed by atoms with Gasteiger partial charge in [-0.25, -0.2) is 8.42 Å². The summed E-state index contributed by atoms with van der Waals surface area (Å²) in [4.78, 5) is 13.8. The molecule has 0 radical (unpaired) electrons. The van der Waals surface area contributed by atoms with Crippen LogP contribution in [0.1, 0.15) is 23.0 Å². The zero-order valence-electron chi connectivity index (χ0n) is 13.0. The van der Waals surface area contributed by atoms with Crippen molar-refractivity contribution in [2.45, 2.75) is 24.8 Å². The lowest BCUT2D eigenvalue weighted by atomic mass is 10.2. The van der Waals surface area contributed by atoms with Gasteiger partial charge in [0, 0.05) is 19.7 Å². The Kier molecular flexibility index (Phi) is 3.85. The number of sulfonamides is 1. The molecule has 122 valence electrons. The maximum Gasteiger partial charge on any atom is 0.272 e. The summed E-state index contributed by atoms with van der Waals surface area (Å²) in [5, 5.41) is 4.17. The van der Waals surface area contributed by atoms with E-state index in [1.54, 1.807) is 24.1 Å². The van der Waals surface area contributed by atoms with Gasteiger partial charge in [-0.05, 0) is 24.1 Å². The lowest BCUT2D eigenvalue weighted by Gasteiger charge is -2.22. The third-order valence-corrected chi connectivity index (χ3v) is 5.20. The second kappa shape index (κ2) is 5.69. The number of nitrogens with one attached hydrogen (secondary N) is 1. The van der Waals surface area contributed by atoms with Gasteiger partial charge in [0.05, 0.1) is 11.4 Å². The topological polar surface area (TPSA) is 84.3 Å². The molecule has 2 aromatic rings. The minimum Gasteiger partial charge on any atom is -0.339 e. The molecule has 0 saturated heterocycles. The zero-order chi connectivity index (χ0) is 16.6. The molecule has 1 aliphatic rings. The lowest BCUT2D eigenvalue weighted by Crippen LogP contribution is -2.37. The summed E-state index contributed by atoms with van der Waals surface area (Å²) in [5.74, 6) is -0.00673. The van der Waals surface area contributed by atoms with Crippen molar-refractivity contribution in [1.82, 2.24) is 14.7 Å². The highest BCUT2D eigenvalue weighted by molar-refractivity contribution is 7.92. The summed E-state index contributed by atoms with van der Waals surface area (Å²) in [6.07, 6.45) is 0.753. The maximum absolute atomic E-state index is 12.5. The van der Waals surface area contributed by atoms with E-state index in [2.05, 4.69) is 9.82 Å².